The molecular formula is C28H35ClN6O3. The molecule has 1 aromatic carbocycles. The van der Waals surface area contributed by atoms with Crippen LogP contribution in [-0.4, -0.2) is 71.2 Å². The third-order valence-corrected chi connectivity index (χ3v) is 8.04. The highest BCUT2D eigenvalue weighted by Gasteiger charge is 2.27. The average Bonchev–Trinajstić information content (AvgIpc) is 2.95. The van der Waals surface area contributed by atoms with E-state index in [1.807, 2.05) is 18.2 Å². The Hall–Kier alpha value is -3.17. The maximum Gasteiger partial charge on any atom is 0.293 e. The van der Waals surface area contributed by atoms with Crippen molar-refractivity contribution in [3.05, 3.63) is 57.1 Å². The Morgan fingerprint density at radius 1 is 1.13 bits per heavy atom. The largest absolute Gasteiger partial charge is 0.478 e. The van der Waals surface area contributed by atoms with Crippen LogP contribution in [0, 0.1) is 0 Å². The van der Waals surface area contributed by atoms with E-state index in [1.165, 1.54) is 44.0 Å². The topological polar surface area (TPSA) is 92.6 Å². The van der Waals surface area contributed by atoms with Gasteiger partial charge in [-0.2, -0.15) is 0 Å². The quantitative estimate of drug-likeness (QED) is 0.494. The summed E-state index contributed by atoms with van der Waals surface area (Å²) in [6, 6.07) is 8.25. The average molecular weight is 539 g/mol. The van der Waals surface area contributed by atoms with Gasteiger partial charge in [-0.05, 0) is 62.5 Å². The van der Waals surface area contributed by atoms with Crippen LogP contribution in [0.2, 0.25) is 5.02 Å². The predicted octanol–water partition coefficient (Wildman–Crippen LogP) is 3.15. The fourth-order valence-corrected chi connectivity index (χ4v) is 5.67. The lowest BCUT2D eigenvalue weighted by atomic mass is 10.00. The van der Waals surface area contributed by atoms with Gasteiger partial charge in [0.05, 0.1) is 22.4 Å². The lowest BCUT2D eigenvalue weighted by molar-refractivity contribution is -0.122. The van der Waals surface area contributed by atoms with Crippen molar-refractivity contribution in [3.63, 3.8) is 0 Å². The van der Waals surface area contributed by atoms with Crippen molar-refractivity contribution < 1.29 is 9.53 Å². The molecule has 5 rings (SSSR count). The number of rotatable bonds is 7. The molecule has 202 valence electrons. The molecular weight excluding hydrogens is 504 g/mol. The highest BCUT2D eigenvalue weighted by atomic mass is 35.5. The Balaban J connectivity index is 1.32. The number of piperidine rings is 2. The summed E-state index contributed by atoms with van der Waals surface area (Å²) < 4.78 is 7.02. The van der Waals surface area contributed by atoms with E-state index >= 15 is 0 Å². The first kappa shape index (κ1) is 26.4. The van der Waals surface area contributed by atoms with Gasteiger partial charge in [-0.25, -0.2) is 9.97 Å². The third-order valence-electron chi connectivity index (χ3n) is 7.72. The molecule has 3 aromatic rings. The number of amides is 1. The molecule has 2 aliphatic rings. The van der Waals surface area contributed by atoms with Crippen molar-refractivity contribution in [2.24, 2.45) is 7.05 Å². The van der Waals surface area contributed by atoms with Gasteiger partial charge in [-0.3, -0.25) is 9.59 Å². The van der Waals surface area contributed by atoms with Gasteiger partial charge in [0, 0.05) is 45.0 Å². The van der Waals surface area contributed by atoms with E-state index in [-0.39, 0.29) is 23.8 Å². The molecule has 10 heteroatoms. The van der Waals surface area contributed by atoms with E-state index in [2.05, 4.69) is 20.1 Å². The Morgan fingerprint density at radius 3 is 2.63 bits per heavy atom. The van der Waals surface area contributed by atoms with Gasteiger partial charge in [0.15, 0.2) is 12.4 Å². The number of likely N-dealkylation sites (tertiary alicyclic amines) is 1. The maximum atomic E-state index is 12.7. The van der Waals surface area contributed by atoms with Gasteiger partial charge < -0.3 is 24.4 Å². The fourth-order valence-electron chi connectivity index (χ4n) is 5.51. The summed E-state index contributed by atoms with van der Waals surface area (Å²) in [5.41, 5.74) is 2.26. The number of fused-ring (bicyclic) bond motifs is 1. The molecule has 2 saturated heterocycles. The van der Waals surface area contributed by atoms with E-state index < -0.39 is 0 Å². The molecule has 0 radical (unpaired) electrons. The minimum atomic E-state index is -0.300. The normalized spacial score (nSPS) is 17.1. The number of nitrogens with one attached hydrogen (secondary N) is 1. The molecule has 0 bridgehead atoms. The Kier molecular flexibility index (Phi) is 8.14. The van der Waals surface area contributed by atoms with Crippen LogP contribution < -0.4 is 20.5 Å². The molecule has 2 aliphatic heterocycles. The summed E-state index contributed by atoms with van der Waals surface area (Å²) in [6.45, 7) is 4.14. The van der Waals surface area contributed by atoms with E-state index in [0.29, 0.717) is 17.5 Å². The fraction of sp³-hybridized carbons (Fsp3) is 0.500. The van der Waals surface area contributed by atoms with Crippen molar-refractivity contribution in [1.82, 2.24) is 24.8 Å². The number of benzene rings is 1. The van der Waals surface area contributed by atoms with Gasteiger partial charge in [0.1, 0.15) is 0 Å². The predicted molar refractivity (Wildman–Crippen MR) is 149 cm³/mol. The zero-order valence-corrected chi connectivity index (χ0v) is 22.8. The van der Waals surface area contributed by atoms with Crippen LogP contribution in [0.3, 0.4) is 0 Å². The van der Waals surface area contributed by atoms with E-state index in [9.17, 15) is 9.59 Å². The molecule has 1 N–H and O–H groups in total. The van der Waals surface area contributed by atoms with E-state index in [4.69, 9.17) is 21.3 Å². The number of hydrogen-bond donors (Lipinski definition) is 1. The molecule has 0 saturated carbocycles. The van der Waals surface area contributed by atoms with Gasteiger partial charge in [-0.1, -0.05) is 24.1 Å². The van der Waals surface area contributed by atoms with Crippen molar-refractivity contribution >= 4 is 34.4 Å². The van der Waals surface area contributed by atoms with Gasteiger partial charge in [0.2, 0.25) is 5.95 Å². The van der Waals surface area contributed by atoms with Gasteiger partial charge >= 0.3 is 0 Å². The summed E-state index contributed by atoms with van der Waals surface area (Å²) in [7, 11) is 3.22. The number of hydrogen-bond acceptors (Lipinski definition) is 7. The highest BCUT2D eigenvalue weighted by molar-refractivity contribution is 6.31. The second kappa shape index (κ2) is 11.7. The highest BCUT2D eigenvalue weighted by Crippen LogP contribution is 2.26. The maximum absolute atomic E-state index is 12.7. The van der Waals surface area contributed by atoms with E-state index in [1.54, 1.807) is 19.3 Å². The van der Waals surface area contributed by atoms with Crippen molar-refractivity contribution in [2.75, 3.05) is 44.7 Å². The van der Waals surface area contributed by atoms with Crippen molar-refractivity contribution in [2.45, 2.75) is 44.6 Å². The third kappa shape index (κ3) is 5.78. The number of halogens is 1. The first-order valence-electron chi connectivity index (χ1n) is 13.4. The van der Waals surface area contributed by atoms with Crippen LogP contribution in [-0.2, 0) is 18.3 Å². The van der Waals surface area contributed by atoms with E-state index in [0.717, 1.165) is 54.0 Å². The molecule has 4 heterocycles. The summed E-state index contributed by atoms with van der Waals surface area (Å²) >= 11 is 6.53. The number of aryl methyl sites for hydroxylation is 1. The van der Waals surface area contributed by atoms with Crippen LogP contribution in [0.4, 0.5) is 5.95 Å². The lowest BCUT2D eigenvalue weighted by Crippen LogP contribution is -2.47. The van der Waals surface area contributed by atoms with Crippen molar-refractivity contribution in [1.29, 1.82) is 0 Å². The minimum absolute atomic E-state index is 0.135. The van der Waals surface area contributed by atoms with Crippen molar-refractivity contribution in [3.8, 4) is 5.75 Å². The molecule has 0 spiro atoms. The number of aromatic nitrogens is 3. The number of anilines is 1. The molecule has 38 heavy (non-hydrogen) atoms. The summed E-state index contributed by atoms with van der Waals surface area (Å²) in [5.74, 6) is 0.566. The Bertz CT molecular complexity index is 1360. The van der Waals surface area contributed by atoms with Crippen LogP contribution in [0.25, 0.3) is 10.9 Å². The van der Waals surface area contributed by atoms with Crippen LogP contribution in [0.15, 0.2) is 35.3 Å². The summed E-state index contributed by atoms with van der Waals surface area (Å²) in [6.07, 6.45) is 8.50. The standard InChI is InChI=1S/C28H35ClN6O3/c1-30-26(36)18-38-25-16-20-14-19(6-7-24(20)33(2)27(25)37)15-23-22(29)17-31-28(32-23)35-12-8-21(9-13-35)34-10-4-3-5-11-34/h6-7,14,16-17,21H,3-5,8-13,15,18H2,1-2H3,(H,30,36). The summed E-state index contributed by atoms with van der Waals surface area (Å²) in [4.78, 5) is 38.6. The number of carbonyl (C=O) groups is 1. The second-order valence-electron chi connectivity index (χ2n) is 10.2. The SMILES string of the molecule is CNC(=O)COc1cc2cc(Cc3nc(N4CCC(N5CCCCC5)CC4)ncc3Cl)ccc2n(C)c1=O. The number of carbonyl (C=O) groups excluding carboxylic acids is 1. The smallest absolute Gasteiger partial charge is 0.293 e. The number of likely N-dealkylation sites (N-methyl/N-ethyl adjacent to an activating group) is 1. The van der Waals surface area contributed by atoms with Crippen LogP contribution in [0.1, 0.15) is 43.4 Å². The molecule has 0 aliphatic carbocycles. The first-order valence-corrected chi connectivity index (χ1v) is 13.8. The monoisotopic (exact) mass is 538 g/mol. The Morgan fingerprint density at radius 2 is 1.89 bits per heavy atom. The number of pyridine rings is 1. The number of ether oxygens (including phenoxy) is 1. The zero-order valence-electron chi connectivity index (χ0n) is 22.1. The van der Waals surface area contributed by atoms with Gasteiger partial charge in [0.25, 0.3) is 11.5 Å². The second-order valence-corrected chi connectivity index (χ2v) is 10.6. The van der Waals surface area contributed by atoms with Crippen LogP contribution in [0.5, 0.6) is 5.75 Å². The minimum Gasteiger partial charge on any atom is -0.478 e. The lowest BCUT2D eigenvalue weighted by Gasteiger charge is -2.40. The molecule has 0 unspecified atom stereocenters. The molecule has 0 atom stereocenters. The molecule has 2 fully saturated rings. The molecule has 2 aromatic heterocycles. The molecule has 1 amide bonds. The first-order chi connectivity index (χ1) is 18.4. The Labute approximate surface area is 227 Å². The van der Waals surface area contributed by atoms with Gasteiger partial charge in [-0.15, -0.1) is 0 Å². The summed E-state index contributed by atoms with van der Waals surface area (Å²) in [5, 5.41) is 3.86. The number of nitrogens with zero attached hydrogens (tertiary/aromatic N) is 5. The van der Waals surface area contributed by atoms with Crippen LogP contribution >= 0.6 is 11.6 Å². The molecule has 9 nitrogen and oxygen atoms in total. The zero-order chi connectivity index (χ0) is 26.6.